The molecular formula is C23H29N3O3. The summed E-state index contributed by atoms with van der Waals surface area (Å²) in [6, 6.07) is 14.2. The molecule has 154 valence electrons. The standard InChI is InChI=1S/C23H29N3O3/c1-3-29-21-10-8-20(9-11-21)25-23(28)18-4-6-19(7-5-18)24-22(27)16-26-14-12-17(2)13-15-26/h4-11,17H,3,12-16H2,1-2H3,(H,24,27)(H,25,28). The van der Waals surface area contributed by atoms with Gasteiger partial charge in [0, 0.05) is 16.9 Å². The zero-order chi connectivity index (χ0) is 20.6. The molecule has 2 N–H and O–H groups in total. The van der Waals surface area contributed by atoms with Crippen molar-refractivity contribution in [3.8, 4) is 5.75 Å². The number of carbonyl (C=O) groups is 2. The van der Waals surface area contributed by atoms with Crippen molar-refractivity contribution in [2.45, 2.75) is 26.7 Å². The first-order chi connectivity index (χ1) is 14.0. The third-order valence-corrected chi connectivity index (χ3v) is 5.10. The average molecular weight is 396 g/mol. The van der Waals surface area contributed by atoms with E-state index in [0.29, 0.717) is 30.1 Å². The van der Waals surface area contributed by atoms with Crippen LogP contribution in [-0.2, 0) is 4.79 Å². The molecular weight excluding hydrogens is 366 g/mol. The summed E-state index contributed by atoms with van der Waals surface area (Å²) in [5.74, 6) is 1.29. The molecule has 29 heavy (non-hydrogen) atoms. The molecule has 3 rings (SSSR count). The molecule has 0 atom stereocenters. The highest BCUT2D eigenvalue weighted by Crippen LogP contribution is 2.18. The highest BCUT2D eigenvalue weighted by molar-refractivity contribution is 6.04. The zero-order valence-corrected chi connectivity index (χ0v) is 17.1. The van der Waals surface area contributed by atoms with Crippen LogP contribution in [0.1, 0.15) is 37.0 Å². The quantitative estimate of drug-likeness (QED) is 0.743. The summed E-state index contributed by atoms with van der Waals surface area (Å²) >= 11 is 0. The molecule has 6 heteroatoms. The number of ether oxygens (including phenoxy) is 1. The fraction of sp³-hybridized carbons (Fsp3) is 0.391. The highest BCUT2D eigenvalue weighted by Gasteiger charge is 2.18. The number of amides is 2. The molecule has 0 radical (unpaired) electrons. The number of anilines is 2. The maximum atomic E-state index is 12.4. The minimum Gasteiger partial charge on any atom is -0.494 e. The Morgan fingerprint density at radius 3 is 2.17 bits per heavy atom. The van der Waals surface area contributed by atoms with Gasteiger partial charge in [0.15, 0.2) is 0 Å². The zero-order valence-electron chi connectivity index (χ0n) is 17.1. The number of hydrogen-bond acceptors (Lipinski definition) is 4. The van der Waals surface area contributed by atoms with E-state index in [1.165, 1.54) is 0 Å². The van der Waals surface area contributed by atoms with Crippen LogP contribution < -0.4 is 15.4 Å². The smallest absolute Gasteiger partial charge is 0.255 e. The van der Waals surface area contributed by atoms with E-state index in [2.05, 4.69) is 22.5 Å². The Morgan fingerprint density at radius 1 is 0.966 bits per heavy atom. The van der Waals surface area contributed by atoms with Crippen molar-refractivity contribution in [2.24, 2.45) is 5.92 Å². The van der Waals surface area contributed by atoms with Crippen LogP contribution in [0.4, 0.5) is 11.4 Å². The lowest BCUT2D eigenvalue weighted by atomic mass is 9.99. The molecule has 1 fully saturated rings. The Kier molecular flexibility index (Phi) is 7.25. The molecule has 1 saturated heterocycles. The largest absolute Gasteiger partial charge is 0.494 e. The lowest BCUT2D eigenvalue weighted by Crippen LogP contribution is -2.38. The molecule has 2 amide bonds. The van der Waals surface area contributed by atoms with E-state index in [1.54, 1.807) is 36.4 Å². The second-order valence-corrected chi connectivity index (χ2v) is 7.50. The maximum absolute atomic E-state index is 12.4. The van der Waals surface area contributed by atoms with Crippen LogP contribution in [0.25, 0.3) is 0 Å². The molecule has 0 bridgehead atoms. The Labute approximate surface area is 172 Å². The lowest BCUT2D eigenvalue weighted by Gasteiger charge is -2.29. The molecule has 1 aliphatic heterocycles. The number of nitrogens with one attached hydrogen (secondary N) is 2. The average Bonchev–Trinajstić information content (AvgIpc) is 2.72. The summed E-state index contributed by atoms with van der Waals surface area (Å²) in [4.78, 5) is 26.9. The van der Waals surface area contributed by atoms with Gasteiger partial charge in [-0.3, -0.25) is 14.5 Å². The van der Waals surface area contributed by atoms with E-state index in [0.717, 1.165) is 37.6 Å². The normalized spacial score (nSPS) is 15.0. The Morgan fingerprint density at radius 2 is 1.55 bits per heavy atom. The lowest BCUT2D eigenvalue weighted by molar-refractivity contribution is -0.117. The van der Waals surface area contributed by atoms with Crippen LogP contribution in [0.5, 0.6) is 5.75 Å². The van der Waals surface area contributed by atoms with E-state index in [4.69, 9.17) is 4.74 Å². The molecule has 1 aliphatic rings. The van der Waals surface area contributed by atoms with Gasteiger partial charge >= 0.3 is 0 Å². The molecule has 2 aromatic rings. The monoisotopic (exact) mass is 395 g/mol. The summed E-state index contributed by atoms with van der Waals surface area (Å²) in [5, 5.41) is 5.77. The first kappa shape index (κ1) is 20.9. The summed E-state index contributed by atoms with van der Waals surface area (Å²) in [6.07, 6.45) is 2.29. The van der Waals surface area contributed by atoms with E-state index in [-0.39, 0.29) is 11.8 Å². The molecule has 6 nitrogen and oxygen atoms in total. The van der Waals surface area contributed by atoms with Gasteiger partial charge in [-0.15, -0.1) is 0 Å². The highest BCUT2D eigenvalue weighted by atomic mass is 16.5. The van der Waals surface area contributed by atoms with Gasteiger partial charge in [0.05, 0.1) is 13.2 Å². The maximum Gasteiger partial charge on any atom is 0.255 e. The predicted octanol–water partition coefficient (Wildman–Crippen LogP) is 4.01. The number of hydrogen-bond donors (Lipinski definition) is 2. The predicted molar refractivity (Wildman–Crippen MR) is 115 cm³/mol. The van der Waals surface area contributed by atoms with E-state index >= 15 is 0 Å². The van der Waals surface area contributed by atoms with Gasteiger partial charge in [-0.1, -0.05) is 6.92 Å². The number of likely N-dealkylation sites (tertiary alicyclic amines) is 1. The summed E-state index contributed by atoms with van der Waals surface area (Å²) in [6.45, 7) is 7.14. The van der Waals surface area contributed by atoms with E-state index < -0.39 is 0 Å². The summed E-state index contributed by atoms with van der Waals surface area (Å²) < 4.78 is 5.40. The van der Waals surface area contributed by atoms with Gasteiger partial charge in [0.2, 0.25) is 5.91 Å². The molecule has 2 aromatic carbocycles. The van der Waals surface area contributed by atoms with E-state index in [9.17, 15) is 9.59 Å². The minimum atomic E-state index is -0.200. The van der Waals surface area contributed by atoms with Crippen LogP contribution in [0, 0.1) is 5.92 Å². The topological polar surface area (TPSA) is 70.7 Å². The number of piperidine rings is 1. The van der Waals surface area contributed by atoms with Gasteiger partial charge in [0.1, 0.15) is 5.75 Å². The van der Waals surface area contributed by atoms with Gasteiger partial charge < -0.3 is 15.4 Å². The van der Waals surface area contributed by atoms with Crippen molar-refractivity contribution in [3.63, 3.8) is 0 Å². The van der Waals surface area contributed by atoms with Gasteiger partial charge in [-0.2, -0.15) is 0 Å². The van der Waals surface area contributed by atoms with Crippen LogP contribution in [-0.4, -0.2) is 43.0 Å². The minimum absolute atomic E-state index is 0.0221. The Bertz CT molecular complexity index is 810. The van der Waals surface area contributed by atoms with Crippen molar-refractivity contribution >= 4 is 23.2 Å². The number of nitrogens with zero attached hydrogens (tertiary/aromatic N) is 1. The number of carbonyl (C=O) groups excluding carboxylic acids is 2. The third-order valence-electron chi connectivity index (χ3n) is 5.10. The third kappa shape index (κ3) is 6.32. The van der Waals surface area contributed by atoms with Crippen molar-refractivity contribution in [3.05, 3.63) is 54.1 Å². The summed E-state index contributed by atoms with van der Waals surface area (Å²) in [7, 11) is 0. The van der Waals surface area contributed by atoms with Gasteiger partial charge in [-0.25, -0.2) is 0 Å². The van der Waals surface area contributed by atoms with Crippen LogP contribution in [0.15, 0.2) is 48.5 Å². The molecule has 0 spiro atoms. The molecule has 0 aromatic heterocycles. The second-order valence-electron chi connectivity index (χ2n) is 7.50. The Hall–Kier alpha value is -2.86. The molecule has 1 heterocycles. The van der Waals surface area contributed by atoms with Gasteiger partial charge in [0.25, 0.3) is 5.91 Å². The van der Waals surface area contributed by atoms with Gasteiger partial charge in [-0.05, 0) is 87.3 Å². The Balaban J connectivity index is 1.49. The first-order valence-corrected chi connectivity index (χ1v) is 10.2. The van der Waals surface area contributed by atoms with Crippen LogP contribution >= 0.6 is 0 Å². The molecule has 0 unspecified atom stereocenters. The van der Waals surface area contributed by atoms with Crippen molar-refractivity contribution in [1.82, 2.24) is 4.90 Å². The number of rotatable bonds is 7. The summed E-state index contributed by atoms with van der Waals surface area (Å²) in [5.41, 5.74) is 1.92. The number of benzene rings is 2. The molecule has 0 saturated carbocycles. The van der Waals surface area contributed by atoms with E-state index in [1.807, 2.05) is 19.1 Å². The SMILES string of the molecule is CCOc1ccc(NC(=O)c2ccc(NC(=O)CN3CCC(C)CC3)cc2)cc1. The van der Waals surface area contributed by atoms with Crippen molar-refractivity contribution in [1.29, 1.82) is 0 Å². The fourth-order valence-electron chi connectivity index (χ4n) is 3.33. The van der Waals surface area contributed by atoms with Crippen LogP contribution in [0.3, 0.4) is 0 Å². The van der Waals surface area contributed by atoms with Crippen LogP contribution in [0.2, 0.25) is 0 Å². The fourth-order valence-corrected chi connectivity index (χ4v) is 3.33. The first-order valence-electron chi connectivity index (χ1n) is 10.2. The van der Waals surface area contributed by atoms with Crippen molar-refractivity contribution in [2.75, 3.05) is 36.9 Å². The second kappa shape index (κ2) is 10.1. The van der Waals surface area contributed by atoms with Crippen molar-refractivity contribution < 1.29 is 14.3 Å². The molecule has 0 aliphatic carbocycles.